The monoisotopic (exact) mass is 418 g/mol. The van der Waals surface area contributed by atoms with Crippen molar-refractivity contribution in [3.63, 3.8) is 0 Å². The van der Waals surface area contributed by atoms with E-state index in [-0.39, 0.29) is 23.0 Å². The fourth-order valence-corrected chi connectivity index (χ4v) is 2.65. The van der Waals surface area contributed by atoms with Crippen LogP contribution in [-0.2, 0) is 4.79 Å². The standard InChI is InChI=1S/C14H9BrCl2N2O4/c15-10-5-8(16)1-4-13(10)23-7-14(20)18-9-2-3-11(17)12(6-9)19(21)22/h1-6H,7H2,(H,18,20). The van der Waals surface area contributed by atoms with Crippen molar-refractivity contribution < 1.29 is 14.5 Å². The van der Waals surface area contributed by atoms with E-state index in [2.05, 4.69) is 21.2 Å². The summed E-state index contributed by atoms with van der Waals surface area (Å²) in [6.07, 6.45) is 0. The van der Waals surface area contributed by atoms with E-state index in [1.54, 1.807) is 18.2 Å². The van der Waals surface area contributed by atoms with Gasteiger partial charge in [-0.3, -0.25) is 14.9 Å². The van der Waals surface area contributed by atoms with Crippen LogP contribution < -0.4 is 10.1 Å². The lowest BCUT2D eigenvalue weighted by molar-refractivity contribution is -0.384. The van der Waals surface area contributed by atoms with Crippen LogP contribution in [-0.4, -0.2) is 17.4 Å². The Hall–Kier alpha value is -1.83. The number of ether oxygens (including phenoxy) is 1. The highest BCUT2D eigenvalue weighted by Crippen LogP contribution is 2.29. The van der Waals surface area contributed by atoms with Gasteiger partial charge in [0.1, 0.15) is 10.8 Å². The Morgan fingerprint density at radius 1 is 1.26 bits per heavy atom. The van der Waals surface area contributed by atoms with Gasteiger partial charge in [-0.2, -0.15) is 0 Å². The van der Waals surface area contributed by atoms with Gasteiger partial charge in [0.2, 0.25) is 0 Å². The maximum absolute atomic E-state index is 11.8. The minimum atomic E-state index is -0.626. The lowest BCUT2D eigenvalue weighted by Gasteiger charge is -2.09. The lowest BCUT2D eigenvalue weighted by Crippen LogP contribution is -2.20. The first kappa shape index (κ1) is 17.5. The highest BCUT2D eigenvalue weighted by atomic mass is 79.9. The van der Waals surface area contributed by atoms with Crippen molar-refractivity contribution in [1.82, 2.24) is 0 Å². The summed E-state index contributed by atoms with van der Waals surface area (Å²) in [6, 6.07) is 8.86. The maximum atomic E-state index is 11.8. The van der Waals surface area contributed by atoms with E-state index < -0.39 is 10.8 Å². The zero-order chi connectivity index (χ0) is 17.0. The number of rotatable bonds is 5. The first-order valence-electron chi connectivity index (χ1n) is 6.18. The molecule has 0 saturated heterocycles. The predicted octanol–water partition coefficient (Wildman–Crippen LogP) is 4.68. The molecular formula is C14H9BrCl2N2O4. The van der Waals surface area contributed by atoms with Crippen molar-refractivity contribution in [2.45, 2.75) is 0 Å². The van der Waals surface area contributed by atoms with Crippen LogP contribution in [0.25, 0.3) is 0 Å². The lowest BCUT2D eigenvalue weighted by atomic mass is 10.3. The summed E-state index contributed by atoms with van der Waals surface area (Å²) in [6.45, 7) is -0.267. The van der Waals surface area contributed by atoms with Crippen LogP contribution >= 0.6 is 39.1 Å². The number of nitrogens with zero attached hydrogens (tertiary/aromatic N) is 1. The van der Waals surface area contributed by atoms with Crippen LogP contribution in [0.2, 0.25) is 10.0 Å². The van der Waals surface area contributed by atoms with Gasteiger partial charge in [-0.05, 0) is 46.3 Å². The van der Waals surface area contributed by atoms with Gasteiger partial charge in [-0.15, -0.1) is 0 Å². The summed E-state index contributed by atoms with van der Waals surface area (Å²) in [7, 11) is 0. The molecule has 2 aromatic carbocycles. The number of nitro groups is 1. The minimum Gasteiger partial charge on any atom is -0.483 e. The third-order valence-corrected chi connectivity index (χ3v) is 3.85. The van der Waals surface area contributed by atoms with Gasteiger partial charge in [-0.1, -0.05) is 23.2 Å². The van der Waals surface area contributed by atoms with E-state index in [9.17, 15) is 14.9 Å². The summed E-state index contributed by atoms with van der Waals surface area (Å²) in [5, 5.41) is 13.8. The molecule has 6 nitrogen and oxygen atoms in total. The molecule has 120 valence electrons. The zero-order valence-corrected chi connectivity index (χ0v) is 14.5. The quantitative estimate of drug-likeness (QED) is 0.563. The second-order valence-electron chi connectivity index (χ2n) is 4.33. The van der Waals surface area contributed by atoms with Crippen LogP contribution in [0.1, 0.15) is 0 Å². The van der Waals surface area contributed by atoms with Gasteiger partial charge >= 0.3 is 0 Å². The Morgan fingerprint density at radius 3 is 2.65 bits per heavy atom. The van der Waals surface area contributed by atoms with Gasteiger partial charge in [0.25, 0.3) is 11.6 Å². The Morgan fingerprint density at radius 2 is 2.00 bits per heavy atom. The summed E-state index contributed by atoms with van der Waals surface area (Å²) < 4.78 is 5.96. The number of nitrogens with one attached hydrogen (secondary N) is 1. The fourth-order valence-electron chi connectivity index (χ4n) is 1.66. The molecule has 2 aromatic rings. The van der Waals surface area contributed by atoms with Crippen LogP contribution in [0, 0.1) is 10.1 Å². The van der Waals surface area contributed by atoms with Crippen molar-refractivity contribution in [2.24, 2.45) is 0 Å². The van der Waals surface area contributed by atoms with Crippen molar-refractivity contribution >= 4 is 56.4 Å². The van der Waals surface area contributed by atoms with Crippen molar-refractivity contribution in [1.29, 1.82) is 0 Å². The molecule has 0 radical (unpaired) electrons. The van der Waals surface area contributed by atoms with Crippen molar-refractivity contribution in [3.05, 3.63) is 61.0 Å². The highest BCUT2D eigenvalue weighted by Gasteiger charge is 2.14. The molecule has 0 fully saturated rings. The number of hydrogen-bond acceptors (Lipinski definition) is 4. The molecule has 0 aliphatic rings. The van der Waals surface area contributed by atoms with Gasteiger partial charge < -0.3 is 10.1 Å². The Bertz CT molecular complexity index is 770. The highest BCUT2D eigenvalue weighted by molar-refractivity contribution is 9.10. The topological polar surface area (TPSA) is 81.5 Å². The number of carbonyl (C=O) groups excluding carboxylic acids is 1. The van der Waals surface area contributed by atoms with Crippen LogP contribution in [0.15, 0.2) is 40.9 Å². The number of carbonyl (C=O) groups is 1. The molecule has 0 aromatic heterocycles. The van der Waals surface area contributed by atoms with Crippen LogP contribution in [0.4, 0.5) is 11.4 Å². The van der Waals surface area contributed by atoms with Gasteiger partial charge in [0.05, 0.1) is 9.40 Å². The molecule has 9 heteroatoms. The molecule has 0 atom stereocenters. The normalized spacial score (nSPS) is 10.2. The maximum Gasteiger partial charge on any atom is 0.289 e. The van der Waals surface area contributed by atoms with Crippen molar-refractivity contribution in [3.8, 4) is 5.75 Å². The van der Waals surface area contributed by atoms with E-state index in [0.29, 0.717) is 15.2 Å². The average Bonchev–Trinajstić information content (AvgIpc) is 2.48. The number of benzene rings is 2. The molecule has 2 rings (SSSR count). The van der Waals surface area contributed by atoms with Crippen LogP contribution in [0.3, 0.4) is 0 Å². The third-order valence-electron chi connectivity index (χ3n) is 2.68. The second-order valence-corrected chi connectivity index (χ2v) is 6.03. The molecule has 0 unspecified atom stereocenters. The van der Waals surface area contributed by atoms with E-state index in [1.807, 2.05) is 0 Å². The summed E-state index contributed by atoms with van der Waals surface area (Å²) in [4.78, 5) is 22.0. The fraction of sp³-hybridized carbons (Fsp3) is 0.0714. The zero-order valence-electron chi connectivity index (χ0n) is 11.4. The second kappa shape index (κ2) is 7.63. The summed E-state index contributed by atoms with van der Waals surface area (Å²) in [5.41, 5.74) is -0.0318. The van der Waals surface area contributed by atoms with E-state index in [4.69, 9.17) is 27.9 Å². The largest absolute Gasteiger partial charge is 0.483 e. The van der Waals surface area contributed by atoms with Gasteiger partial charge in [0, 0.05) is 16.8 Å². The molecule has 1 N–H and O–H groups in total. The van der Waals surface area contributed by atoms with E-state index >= 15 is 0 Å². The van der Waals surface area contributed by atoms with E-state index in [1.165, 1.54) is 18.2 Å². The molecular weight excluding hydrogens is 411 g/mol. The number of nitro benzene ring substituents is 1. The van der Waals surface area contributed by atoms with Gasteiger partial charge in [-0.25, -0.2) is 0 Å². The third kappa shape index (κ3) is 4.82. The Labute approximate surface area is 149 Å². The predicted molar refractivity (Wildman–Crippen MR) is 91.4 cm³/mol. The smallest absolute Gasteiger partial charge is 0.289 e. The Kier molecular flexibility index (Phi) is 5.81. The van der Waals surface area contributed by atoms with E-state index in [0.717, 1.165) is 0 Å². The SMILES string of the molecule is O=C(COc1ccc(Cl)cc1Br)Nc1ccc(Cl)c([N+](=O)[O-])c1. The summed E-state index contributed by atoms with van der Waals surface area (Å²) in [5.74, 6) is -0.0184. The number of hydrogen-bond donors (Lipinski definition) is 1. The first-order valence-corrected chi connectivity index (χ1v) is 7.73. The number of anilines is 1. The van der Waals surface area contributed by atoms with Gasteiger partial charge in [0.15, 0.2) is 6.61 Å². The Balaban J connectivity index is 2.00. The molecule has 0 saturated carbocycles. The summed E-state index contributed by atoms with van der Waals surface area (Å²) >= 11 is 14.8. The molecule has 1 amide bonds. The molecule has 0 heterocycles. The molecule has 0 bridgehead atoms. The van der Waals surface area contributed by atoms with Crippen molar-refractivity contribution in [2.75, 3.05) is 11.9 Å². The first-order chi connectivity index (χ1) is 10.9. The number of amides is 1. The molecule has 0 spiro atoms. The van der Waals surface area contributed by atoms with Crippen LogP contribution in [0.5, 0.6) is 5.75 Å². The minimum absolute atomic E-state index is 0.00524. The number of halogens is 3. The molecule has 23 heavy (non-hydrogen) atoms. The molecule has 0 aliphatic heterocycles. The molecule has 0 aliphatic carbocycles. The average molecular weight is 420 g/mol.